The zero-order valence-corrected chi connectivity index (χ0v) is 12.6. The fraction of sp³-hybridized carbons (Fsp3) is 0.867. The number of likely N-dealkylation sites (tertiary alicyclic amines) is 2. The van der Waals surface area contributed by atoms with Crippen molar-refractivity contribution in [2.75, 3.05) is 33.2 Å². The highest BCUT2D eigenvalue weighted by atomic mass is 16.2. The Balaban J connectivity index is 1.74. The molecule has 0 bridgehead atoms. The van der Waals surface area contributed by atoms with Crippen LogP contribution >= 0.6 is 0 Å². The summed E-state index contributed by atoms with van der Waals surface area (Å²) in [5, 5.41) is 3.00. The van der Waals surface area contributed by atoms with Gasteiger partial charge in [0.25, 0.3) is 0 Å². The summed E-state index contributed by atoms with van der Waals surface area (Å²) in [4.78, 5) is 28.0. The maximum atomic E-state index is 12.2. The molecule has 2 saturated heterocycles. The van der Waals surface area contributed by atoms with E-state index in [0.717, 1.165) is 38.9 Å². The van der Waals surface area contributed by atoms with Crippen LogP contribution in [0.4, 0.5) is 0 Å². The number of hydrogen-bond donors (Lipinski definition) is 1. The Labute approximate surface area is 121 Å². The summed E-state index contributed by atoms with van der Waals surface area (Å²) in [6, 6.07) is -0.272. The van der Waals surface area contributed by atoms with Crippen molar-refractivity contribution in [2.45, 2.75) is 51.0 Å². The second kappa shape index (κ2) is 7.62. The third-order valence-electron chi connectivity index (χ3n) is 4.46. The van der Waals surface area contributed by atoms with Gasteiger partial charge < -0.3 is 15.1 Å². The van der Waals surface area contributed by atoms with Crippen LogP contribution in [-0.4, -0.2) is 60.9 Å². The van der Waals surface area contributed by atoms with E-state index in [4.69, 9.17) is 0 Å². The molecular weight excluding hydrogens is 254 g/mol. The average Bonchev–Trinajstić information content (AvgIpc) is 2.63. The van der Waals surface area contributed by atoms with Gasteiger partial charge in [-0.05, 0) is 38.8 Å². The molecule has 1 unspecified atom stereocenters. The third kappa shape index (κ3) is 4.20. The summed E-state index contributed by atoms with van der Waals surface area (Å²) < 4.78 is 0. The second-order valence-corrected chi connectivity index (χ2v) is 5.96. The van der Waals surface area contributed by atoms with Crippen molar-refractivity contribution >= 4 is 11.8 Å². The molecule has 2 heterocycles. The number of carbonyl (C=O) groups excluding carboxylic acids is 2. The maximum Gasteiger partial charge on any atom is 0.242 e. The minimum Gasteiger partial charge on any atom is -0.353 e. The molecule has 0 saturated carbocycles. The Kier molecular flexibility index (Phi) is 5.83. The van der Waals surface area contributed by atoms with Gasteiger partial charge in [0.05, 0.1) is 0 Å². The smallest absolute Gasteiger partial charge is 0.242 e. The summed E-state index contributed by atoms with van der Waals surface area (Å²) in [7, 11) is 1.75. The Morgan fingerprint density at radius 3 is 2.70 bits per heavy atom. The molecule has 2 aliphatic rings. The van der Waals surface area contributed by atoms with Crippen molar-refractivity contribution < 1.29 is 9.59 Å². The Morgan fingerprint density at radius 2 is 1.95 bits per heavy atom. The van der Waals surface area contributed by atoms with Crippen LogP contribution in [0.1, 0.15) is 44.9 Å². The van der Waals surface area contributed by atoms with Gasteiger partial charge in [0.2, 0.25) is 11.8 Å². The predicted octanol–water partition coefficient (Wildman–Crippen LogP) is 0.989. The monoisotopic (exact) mass is 281 g/mol. The summed E-state index contributed by atoms with van der Waals surface area (Å²) >= 11 is 0. The zero-order valence-electron chi connectivity index (χ0n) is 12.6. The lowest BCUT2D eigenvalue weighted by atomic mass is 10.1. The van der Waals surface area contributed by atoms with Gasteiger partial charge in [-0.15, -0.1) is 0 Å². The van der Waals surface area contributed by atoms with Crippen LogP contribution in [0.25, 0.3) is 0 Å². The van der Waals surface area contributed by atoms with Crippen molar-refractivity contribution in [2.24, 2.45) is 0 Å². The molecule has 1 atom stereocenters. The average molecular weight is 281 g/mol. The fourth-order valence-electron chi connectivity index (χ4n) is 3.10. The first-order valence-corrected chi connectivity index (χ1v) is 7.94. The molecule has 2 aliphatic heterocycles. The van der Waals surface area contributed by atoms with Gasteiger partial charge in [0, 0.05) is 26.6 Å². The molecule has 114 valence electrons. The molecule has 2 amide bonds. The van der Waals surface area contributed by atoms with Crippen molar-refractivity contribution in [3.05, 3.63) is 0 Å². The van der Waals surface area contributed by atoms with E-state index in [0.29, 0.717) is 13.0 Å². The number of carbonyl (C=O) groups is 2. The number of nitrogens with one attached hydrogen (secondary N) is 1. The van der Waals surface area contributed by atoms with E-state index in [-0.39, 0.29) is 17.9 Å². The number of hydrogen-bond acceptors (Lipinski definition) is 3. The molecule has 1 N–H and O–H groups in total. The molecule has 20 heavy (non-hydrogen) atoms. The van der Waals surface area contributed by atoms with Gasteiger partial charge in [-0.3, -0.25) is 9.59 Å². The van der Waals surface area contributed by atoms with Gasteiger partial charge in [-0.25, -0.2) is 0 Å². The van der Waals surface area contributed by atoms with Crippen molar-refractivity contribution in [3.63, 3.8) is 0 Å². The van der Waals surface area contributed by atoms with Crippen LogP contribution in [0.15, 0.2) is 0 Å². The van der Waals surface area contributed by atoms with E-state index in [1.807, 2.05) is 0 Å². The van der Waals surface area contributed by atoms with Gasteiger partial charge in [0.1, 0.15) is 6.04 Å². The van der Waals surface area contributed by atoms with Crippen molar-refractivity contribution in [1.29, 1.82) is 0 Å². The van der Waals surface area contributed by atoms with Crippen LogP contribution < -0.4 is 5.32 Å². The molecule has 0 aromatic carbocycles. The molecule has 0 spiro atoms. The van der Waals surface area contributed by atoms with Crippen LogP contribution in [-0.2, 0) is 9.59 Å². The minimum atomic E-state index is -0.272. The molecule has 5 nitrogen and oxygen atoms in total. The lowest BCUT2D eigenvalue weighted by Gasteiger charge is -2.28. The summed E-state index contributed by atoms with van der Waals surface area (Å²) in [5.41, 5.74) is 0. The van der Waals surface area contributed by atoms with Crippen molar-refractivity contribution in [3.8, 4) is 0 Å². The quantitative estimate of drug-likeness (QED) is 0.836. The number of amides is 2. The highest BCUT2D eigenvalue weighted by Gasteiger charge is 2.28. The van der Waals surface area contributed by atoms with E-state index in [9.17, 15) is 9.59 Å². The number of likely N-dealkylation sites (N-methyl/N-ethyl adjacent to an activating group) is 1. The third-order valence-corrected chi connectivity index (χ3v) is 4.46. The van der Waals surface area contributed by atoms with Crippen LogP contribution in [0, 0.1) is 0 Å². The molecule has 2 rings (SSSR count). The van der Waals surface area contributed by atoms with E-state index in [1.165, 1.54) is 19.3 Å². The summed E-state index contributed by atoms with van der Waals surface area (Å²) in [6.07, 6.45) is 7.10. The van der Waals surface area contributed by atoms with Crippen LogP contribution in [0.3, 0.4) is 0 Å². The zero-order chi connectivity index (χ0) is 14.4. The number of rotatable bonds is 4. The highest BCUT2D eigenvalue weighted by molar-refractivity contribution is 5.87. The topological polar surface area (TPSA) is 52.7 Å². The number of nitrogens with zero attached hydrogens (tertiary/aromatic N) is 2. The summed E-state index contributed by atoms with van der Waals surface area (Å²) in [5.74, 6) is 0.110. The highest BCUT2D eigenvalue weighted by Crippen LogP contribution is 2.16. The first kappa shape index (κ1) is 15.3. The van der Waals surface area contributed by atoms with Gasteiger partial charge in [0.15, 0.2) is 0 Å². The lowest BCUT2D eigenvalue weighted by Crippen LogP contribution is -2.48. The Morgan fingerprint density at radius 1 is 1.20 bits per heavy atom. The number of piperidine rings is 1. The molecule has 5 heteroatoms. The molecule has 0 radical (unpaired) electrons. The predicted molar refractivity (Wildman–Crippen MR) is 78.3 cm³/mol. The van der Waals surface area contributed by atoms with Gasteiger partial charge in [-0.2, -0.15) is 0 Å². The second-order valence-electron chi connectivity index (χ2n) is 5.96. The Hall–Kier alpha value is -1.10. The normalized spacial score (nSPS) is 25.4. The first-order chi connectivity index (χ1) is 9.68. The first-order valence-electron chi connectivity index (χ1n) is 7.94. The molecule has 0 aliphatic carbocycles. The van der Waals surface area contributed by atoms with E-state index >= 15 is 0 Å². The standard InChI is InChI=1S/C15H27N3O2/c1-17-13(7-3-4-8-14(17)19)15(20)16-9-12-18-10-5-2-6-11-18/h13H,2-12H2,1H3,(H,16,20). The van der Waals surface area contributed by atoms with E-state index < -0.39 is 0 Å². The van der Waals surface area contributed by atoms with Gasteiger partial charge >= 0.3 is 0 Å². The lowest BCUT2D eigenvalue weighted by molar-refractivity contribution is -0.138. The maximum absolute atomic E-state index is 12.2. The Bertz CT molecular complexity index is 340. The molecule has 0 aromatic heterocycles. The summed E-state index contributed by atoms with van der Waals surface area (Å²) in [6.45, 7) is 3.92. The SMILES string of the molecule is CN1C(=O)CCCCC1C(=O)NCCN1CCCCC1. The van der Waals surface area contributed by atoms with Crippen LogP contribution in [0.5, 0.6) is 0 Å². The van der Waals surface area contributed by atoms with Gasteiger partial charge in [-0.1, -0.05) is 12.8 Å². The largest absolute Gasteiger partial charge is 0.353 e. The minimum absolute atomic E-state index is 0.0137. The molecular formula is C15H27N3O2. The molecule has 2 fully saturated rings. The van der Waals surface area contributed by atoms with E-state index in [1.54, 1.807) is 11.9 Å². The van der Waals surface area contributed by atoms with Crippen molar-refractivity contribution in [1.82, 2.24) is 15.1 Å². The van der Waals surface area contributed by atoms with Crippen LogP contribution in [0.2, 0.25) is 0 Å². The van der Waals surface area contributed by atoms with E-state index in [2.05, 4.69) is 10.2 Å². The molecule has 0 aromatic rings. The fourth-order valence-corrected chi connectivity index (χ4v) is 3.10.